The van der Waals surface area contributed by atoms with Crippen LogP contribution in [0.25, 0.3) is 0 Å². The number of amides is 1. The van der Waals surface area contributed by atoms with Crippen LogP contribution in [0.1, 0.15) is 55.3 Å². The molecule has 0 unspecified atom stereocenters. The number of carbonyl (C=O) groups is 1. The Morgan fingerprint density at radius 1 is 1.41 bits per heavy atom. The lowest BCUT2D eigenvalue weighted by atomic mass is 10.2. The molecule has 0 atom stereocenters. The molecule has 4 heteroatoms. The number of hydrazone groups is 1. The molecule has 0 aliphatic rings. The lowest BCUT2D eigenvalue weighted by Crippen LogP contribution is -2.16. The number of carbonyl (C=O) groups excluding carboxylic acids is 1. The minimum atomic E-state index is -0.303. The van der Waals surface area contributed by atoms with Crippen LogP contribution in [0, 0.1) is 6.92 Å². The highest BCUT2D eigenvalue weighted by atomic mass is 16.3. The summed E-state index contributed by atoms with van der Waals surface area (Å²) in [6, 6.07) is 3.39. The second kappa shape index (κ2) is 7.65. The number of nitrogens with zero attached hydrogens (tertiary/aromatic N) is 1. The van der Waals surface area contributed by atoms with Gasteiger partial charge >= 0.3 is 5.91 Å². The maximum Gasteiger partial charge on any atom is 0.307 e. The Hall–Kier alpha value is -1.58. The summed E-state index contributed by atoms with van der Waals surface area (Å²) in [5.41, 5.74) is 2.44. The smallest absolute Gasteiger partial charge is 0.307 e. The fourth-order valence-corrected chi connectivity index (χ4v) is 1.44. The van der Waals surface area contributed by atoms with Gasteiger partial charge in [0.05, 0.1) is 0 Å². The predicted octanol–water partition coefficient (Wildman–Crippen LogP) is 3.27. The molecule has 1 aromatic heterocycles. The molecule has 1 rings (SSSR count). The Morgan fingerprint density at radius 2 is 2.24 bits per heavy atom. The number of hydrogen-bond acceptors (Lipinski definition) is 3. The molecule has 0 aliphatic carbocycles. The summed E-state index contributed by atoms with van der Waals surface area (Å²) in [6.45, 7) is 3.98. The van der Waals surface area contributed by atoms with Crippen LogP contribution in [0.4, 0.5) is 0 Å². The van der Waals surface area contributed by atoms with Gasteiger partial charge in [-0.05, 0) is 31.9 Å². The molecular formula is C13H20N2O2. The van der Waals surface area contributed by atoms with E-state index in [9.17, 15) is 4.79 Å². The van der Waals surface area contributed by atoms with Gasteiger partial charge in [0.15, 0.2) is 5.76 Å². The number of hydrogen-bond donors (Lipinski definition) is 1. The highest BCUT2D eigenvalue weighted by molar-refractivity contribution is 5.91. The lowest BCUT2D eigenvalue weighted by Gasteiger charge is -1.96. The second-order valence-electron chi connectivity index (χ2n) is 4.01. The van der Waals surface area contributed by atoms with Crippen molar-refractivity contribution in [3.8, 4) is 0 Å². The molecule has 0 fully saturated rings. The molecule has 1 amide bonds. The van der Waals surface area contributed by atoms with E-state index in [4.69, 9.17) is 4.42 Å². The molecule has 1 N–H and O–H groups in total. The van der Waals surface area contributed by atoms with Crippen molar-refractivity contribution in [1.82, 2.24) is 5.43 Å². The van der Waals surface area contributed by atoms with Crippen LogP contribution in [-0.2, 0) is 0 Å². The number of furan rings is 1. The molecule has 0 spiro atoms. The van der Waals surface area contributed by atoms with E-state index in [1.54, 1.807) is 25.3 Å². The first-order valence-corrected chi connectivity index (χ1v) is 6.12. The van der Waals surface area contributed by atoms with Crippen LogP contribution < -0.4 is 5.43 Å². The first-order chi connectivity index (χ1) is 8.24. The Bertz CT molecular complexity index is 369. The number of nitrogens with one attached hydrogen (secondary N) is 1. The number of aryl methyl sites for hydroxylation is 1. The average molecular weight is 236 g/mol. The van der Waals surface area contributed by atoms with E-state index in [1.165, 1.54) is 19.3 Å². The highest BCUT2D eigenvalue weighted by Gasteiger charge is 2.07. The van der Waals surface area contributed by atoms with Gasteiger partial charge in [0.25, 0.3) is 0 Å². The molecule has 1 aromatic rings. The third kappa shape index (κ3) is 5.33. The van der Waals surface area contributed by atoms with Gasteiger partial charge in [-0.3, -0.25) is 4.79 Å². The Balaban J connectivity index is 2.17. The van der Waals surface area contributed by atoms with Crippen molar-refractivity contribution >= 4 is 12.1 Å². The van der Waals surface area contributed by atoms with Crippen LogP contribution in [-0.4, -0.2) is 12.1 Å². The minimum absolute atomic E-state index is 0.297. The van der Waals surface area contributed by atoms with Crippen LogP contribution in [0.3, 0.4) is 0 Å². The van der Waals surface area contributed by atoms with Gasteiger partial charge in [-0.15, -0.1) is 0 Å². The normalized spacial score (nSPS) is 10.9. The van der Waals surface area contributed by atoms with Crippen LogP contribution >= 0.6 is 0 Å². The SMILES string of the molecule is CCCCCC/C=N/NC(=O)c1ccc(C)o1. The van der Waals surface area contributed by atoms with Crippen molar-refractivity contribution in [3.05, 3.63) is 23.7 Å². The van der Waals surface area contributed by atoms with Crippen molar-refractivity contribution in [3.63, 3.8) is 0 Å². The summed E-state index contributed by atoms with van der Waals surface area (Å²) in [5.74, 6) is 0.715. The first-order valence-electron chi connectivity index (χ1n) is 6.12. The van der Waals surface area contributed by atoms with Gasteiger partial charge in [0.2, 0.25) is 0 Å². The molecule has 0 aliphatic heterocycles. The number of rotatable bonds is 7. The van der Waals surface area contributed by atoms with E-state index in [-0.39, 0.29) is 5.91 Å². The van der Waals surface area contributed by atoms with E-state index in [0.29, 0.717) is 5.76 Å². The van der Waals surface area contributed by atoms with Gasteiger partial charge in [-0.25, -0.2) is 5.43 Å². The van der Waals surface area contributed by atoms with Crippen molar-refractivity contribution in [2.45, 2.75) is 46.0 Å². The lowest BCUT2D eigenvalue weighted by molar-refractivity contribution is 0.0926. The Labute approximate surface area is 102 Å². The Kier molecular flexibility index (Phi) is 6.07. The largest absolute Gasteiger partial charge is 0.456 e. The maximum absolute atomic E-state index is 11.5. The van der Waals surface area contributed by atoms with Crippen molar-refractivity contribution in [1.29, 1.82) is 0 Å². The van der Waals surface area contributed by atoms with Gasteiger partial charge in [0.1, 0.15) is 5.76 Å². The monoisotopic (exact) mass is 236 g/mol. The first kappa shape index (κ1) is 13.5. The van der Waals surface area contributed by atoms with Crippen LogP contribution in [0.5, 0.6) is 0 Å². The molecule has 4 nitrogen and oxygen atoms in total. The number of unbranched alkanes of at least 4 members (excludes halogenated alkanes) is 4. The second-order valence-corrected chi connectivity index (χ2v) is 4.01. The minimum Gasteiger partial charge on any atom is -0.456 e. The molecule has 0 aromatic carbocycles. The predicted molar refractivity (Wildman–Crippen MR) is 68.2 cm³/mol. The fraction of sp³-hybridized carbons (Fsp3) is 0.538. The third-order valence-electron chi connectivity index (χ3n) is 2.41. The van der Waals surface area contributed by atoms with Crippen LogP contribution in [0.2, 0.25) is 0 Å². The molecule has 17 heavy (non-hydrogen) atoms. The summed E-state index contributed by atoms with van der Waals surface area (Å²) in [6.07, 6.45) is 7.46. The summed E-state index contributed by atoms with van der Waals surface area (Å²) in [4.78, 5) is 11.5. The van der Waals surface area contributed by atoms with E-state index in [0.717, 1.165) is 18.6 Å². The third-order valence-corrected chi connectivity index (χ3v) is 2.41. The van der Waals surface area contributed by atoms with E-state index >= 15 is 0 Å². The molecule has 1 heterocycles. The van der Waals surface area contributed by atoms with Crippen molar-refractivity contribution in [2.24, 2.45) is 5.10 Å². The molecular weight excluding hydrogens is 216 g/mol. The molecule has 0 saturated carbocycles. The van der Waals surface area contributed by atoms with E-state index in [1.807, 2.05) is 0 Å². The van der Waals surface area contributed by atoms with Gasteiger partial charge in [-0.1, -0.05) is 26.2 Å². The zero-order valence-electron chi connectivity index (χ0n) is 10.5. The molecule has 0 radical (unpaired) electrons. The fourth-order valence-electron chi connectivity index (χ4n) is 1.44. The maximum atomic E-state index is 11.5. The van der Waals surface area contributed by atoms with Gasteiger partial charge in [0, 0.05) is 6.21 Å². The Morgan fingerprint density at radius 3 is 2.88 bits per heavy atom. The van der Waals surface area contributed by atoms with Crippen LogP contribution in [0.15, 0.2) is 21.7 Å². The van der Waals surface area contributed by atoms with Gasteiger partial charge < -0.3 is 4.42 Å². The summed E-state index contributed by atoms with van der Waals surface area (Å²) in [7, 11) is 0. The molecule has 94 valence electrons. The summed E-state index contributed by atoms with van der Waals surface area (Å²) < 4.78 is 5.17. The standard InChI is InChI=1S/C13H20N2O2/c1-3-4-5-6-7-10-14-15-13(16)12-9-8-11(2)17-12/h8-10H,3-7H2,1-2H3,(H,15,16)/b14-10+. The molecule has 0 bridgehead atoms. The van der Waals surface area contributed by atoms with Crippen molar-refractivity contribution < 1.29 is 9.21 Å². The topological polar surface area (TPSA) is 54.6 Å². The van der Waals surface area contributed by atoms with Crippen molar-refractivity contribution in [2.75, 3.05) is 0 Å². The quantitative estimate of drug-likeness (QED) is 0.448. The van der Waals surface area contributed by atoms with Gasteiger partial charge in [-0.2, -0.15) is 5.10 Å². The van der Waals surface area contributed by atoms with E-state index < -0.39 is 0 Å². The highest BCUT2D eigenvalue weighted by Crippen LogP contribution is 2.05. The summed E-state index contributed by atoms with van der Waals surface area (Å²) in [5, 5.41) is 3.87. The molecule has 0 saturated heterocycles. The average Bonchev–Trinajstić information content (AvgIpc) is 2.74. The zero-order chi connectivity index (χ0) is 12.5. The summed E-state index contributed by atoms with van der Waals surface area (Å²) >= 11 is 0. The zero-order valence-corrected chi connectivity index (χ0v) is 10.5. The van der Waals surface area contributed by atoms with E-state index in [2.05, 4.69) is 17.5 Å².